The normalized spacial score (nSPS) is 11.2. The van der Waals surface area contributed by atoms with Gasteiger partial charge in [-0.3, -0.25) is 0 Å². The first-order valence-corrected chi connectivity index (χ1v) is 7.98. The number of nitrogens with zero attached hydrogens (tertiary/aromatic N) is 2. The van der Waals surface area contributed by atoms with Gasteiger partial charge in [-0.1, -0.05) is 18.5 Å². The molecule has 0 amide bonds. The second-order valence-corrected chi connectivity index (χ2v) is 6.25. The molecule has 5 heteroatoms. The molecule has 0 spiro atoms. The number of nitrogen functional groups attached to an aromatic ring is 1. The average molecular weight is 365 g/mol. The number of benzene rings is 2. The molecule has 0 atom stereocenters. The molecule has 0 fully saturated rings. The lowest BCUT2D eigenvalue weighted by atomic mass is 10.2. The number of imidazole rings is 1. The van der Waals surface area contributed by atoms with Crippen molar-refractivity contribution >= 4 is 44.3 Å². The van der Waals surface area contributed by atoms with Gasteiger partial charge in [0.05, 0.1) is 11.0 Å². The fourth-order valence-electron chi connectivity index (χ4n) is 2.45. The molecule has 108 valence electrons. The third-order valence-electron chi connectivity index (χ3n) is 3.41. The van der Waals surface area contributed by atoms with Crippen LogP contribution in [-0.2, 0) is 6.54 Å². The number of aromatic nitrogens is 2. The molecular weight excluding hydrogens is 350 g/mol. The summed E-state index contributed by atoms with van der Waals surface area (Å²) in [5.41, 5.74) is 9.72. The van der Waals surface area contributed by atoms with Crippen LogP contribution in [0.5, 0.6) is 0 Å². The van der Waals surface area contributed by atoms with Gasteiger partial charge in [-0.2, -0.15) is 0 Å². The van der Waals surface area contributed by atoms with Crippen LogP contribution in [0, 0.1) is 0 Å². The van der Waals surface area contributed by atoms with E-state index < -0.39 is 0 Å². The smallest absolute Gasteiger partial charge is 0.141 e. The van der Waals surface area contributed by atoms with Gasteiger partial charge >= 0.3 is 0 Å². The first-order valence-electron chi connectivity index (χ1n) is 6.81. The van der Waals surface area contributed by atoms with Gasteiger partial charge in [0.15, 0.2) is 0 Å². The second-order valence-electron chi connectivity index (χ2n) is 4.96. The monoisotopic (exact) mass is 363 g/mol. The third kappa shape index (κ3) is 2.65. The minimum absolute atomic E-state index is 0.709. The highest BCUT2D eigenvalue weighted by molar-refractivity contribution is 9.10. The van der Waals surface area contributed by atoms with E-state index >= 15 is 0 Å². The van der Waals surface area contributed by atoms with Crippen molar-refractivity contribution in [3.05, 3.63) is 45.9 Å². The Balaban J connectivity index is 2.25. The summed E-state index contributed by atoms with van der Waals surface area (Å²) < 4.78 is 3.09. The molecule has 0 aliphatic heterocycles. The van der Waals surface area contributed by atoms with Crippen molar-refractivity contribution in [1.29, 1.82) is 0 Å². The lowest BCUT2D eigenvalue weighted by Crippen LogP contribution is -2.00. The quantitative estimate of drug-likeness (QED) is 0.656. The molecule has 0 bridgehead atoms. The van der Waals surface area contributed by atoms with Gasteiger partial charge in [0.2, 0.25) is 0 Å². The van der Waals surface area contributed by atoms with E-state index in [4.69, 9.17) is 22.3 Å². The van der Waals surface area contributed by atoms with Gasteiger partial charge in [0, 0.05) is 27.3 Å². The van der Waals surface area contributed by atoms with E-state index in [0.29, 0.717) is 5.69 Å². The maximum atomic E-state index is 6.12. The average Bonchev–Trinajstić information content (AvgIpc) is 2.81. The largest absolute Gasteiger partial charge is 0.398 e. The zero-order valence-electron chi connectivity index (χ0n) is 11.6. The highest BCUT2D eigenvalue weighted by Crippen LogP contribution is 2.30. The van der Waals surface area contributed by atoms with Crippen molar-refractivity contribution in [3.63, 3.8) is 0 Å². The van der Waals surface area contributed by atoms with Gasteiger partial charge in [-0.25, -0.2) is 4.98 Å². The fraction of sp³-hybridized carbons (Fsp3) is 0.188. The Morgan fingerprint density at radius 3 is 2.76 bits per heavy atom. The molecule has 2 N–H and O–H groups in total. The number of aryl methyl sites for hydroxylation is 1. The molecule has 21 heavy (non-hydrogen) atoms. The van der Waals surface area contributed by atoms with Crippen molar-refractivity contribution in [2.45, 2.75) is 19.9 Å². The van der Waals surface area contributed by atoms with Crippen LogP contribution in [0.1, 0.15) is 13.3 Å². The standard InChI is InChI=1S/C16H15BrClN3/c1-2-7-21-15-9-11(18)4-6-14(15)20-16(21)10-3-5-12(17)13(19)8-10/h3-6,8-9H,2,7,19H2,1H3. The molecule has 0 radical (unpaired) electrons. The predicted octanol–water partition coefficient (Wildman–Crippen LogP) is 5.11. The van der Waals surface area contributed by atoms with Gasteiger partial charge < -0.3 is 10.3 Å². The minimum Gasteiger partial charge on any atom is -0.398 e. The number of rotatable bonds is 3. The summed E-state index contributed by atoms with van der Waals surface area (Å²) in [6.07, 6.45) is 1.02. The van der Waals surface area contributed by atoms with Crippen LogP contribution in [0.15, 0.2) is 40.9 Å². The van der Waals surface area contributed by atoms with Crippen LogP contribution < -0.4 is 5.73 Å². The molecule has 1 aromatic heterocycles. The number of hydrogen-bond acceptors (Lipinski definition) is 2. The van der Waals surface area contributed by atoms with E-state index in [1.165, 1.54) is 0 Å². The van der Waals surface area contributed by atoms with Gasteiger partial charge in [-0.05, 0) is 58.7 Å². The number of fused-ring (bicyclic) bond motifs is 1. The highest BCUT2D eigenvalue weighted by Gasteiger charge is 2.13. The Kier molecular flexibility index (Phi) is 3.91. The summed E-state index contributed by atoms with van der Waals surface area (Å²) >= 11 is 9.55. The lowest BCUT2D eigenvalue weighted by molar-refractivity contribution is 0.704. The van der Waals surface area contributed by atoms with Gasteiger partial charge in [-0.15, -0.1) is 0 Å². The molecule has 0 aliphatic rings. The van der Waals surface area contributed by atoms with E-state index in [1.807, 2.05) is 36.4 Å². The number of anilines is 1. The summed E-state index contributed by atoms with van der Waals surface area (Å²) in [7, 11) is 0. The summed E-state index contributed by atoms with van der Waals surface area (Å²) in [4.78, 5) is 4.75. The molecule has 0 saturated carbocycles. The molecular formula is C16H15BrClN3. The minimum atomic E-state index is 0.709. The van der Waals surface area contributed by atoms with Crippen molar-refractivity contribution in [3.8, 4) is 11.4 Å². The van der Waals surface area contributed by atoms with Crippen LogP contribution in [0.3, 0.4) is 0 Å². The first kappa shape index (κ1) is 14.4. The maximum absolute atomic E-state index is 6.12. The lowest BCUT2D eigenvalue weighted by Gasteiger charge is -2.09. The molecule has 3 aromatic rings. The molecule has 3 rings (SSSR count). The second kappa shape index (κ2) is 5.70. The van der Waals surface area contributed by atoms with E-state index in [9.17, 15) is 0 Å². The molecule has 3 nitrogen and oxygen atoms in total. The molecule has 2 aromatic carbocycles. The third-order valence-corrected chi connectivity index (χ3v) is 4.37. The van der Waals surface area contributed by atoms with E-state index in [2.05, 4.69) is 27.4 Å². The summed E-state index contributed by atoms with van der Waals surface area (Å²) in [5, 5.41) is 0.724. The Labute approximate surface area is 136 Å². The first-order chi connectivity index (χ1) is 10.1. The number of halogens is 2. The van der Waals surface area contributed by atoms with Crippen LogP contribution in [0.4, 0.5) is 5.69 Å². The Morgan fingerprint density at radius 1 is 1.24 bits per heavy atom. The molecule has 0 saturated heterocycles. The van der Waals surface area contributed by atoms with Crippen LogP contribution in [-0.4, -0.2) is 9.55 Å². The summed E-state index contributed by atoms with van der Waals surface area (Å²) in [6, 6.07) is 11.7. The molecule has 1 heterocycles. The van der Waals surface area contributed by atoms with E-state index in [0.717, 1.165) is 44.9 Å². The van der Waals surface area contributed by atoms with Gasteiger partial charge in [0.25, 0.3) is 0 Å². The summed E-state index contributed by atoms with van der Waals surface area (Å²) in [5.74, 6) is 0.924. The van der Waals surface area contributed by atoms with E-state index in [1.54, 1.807) is 0 Å². The Bertz CT molecular complexity index is 811. The van der Waals surface area contributed by atoms with Crippen LogP contribution in [0.2, 0.25) is 5.02 Å². The Hall–Kier alpha value is -1.52. The van der Waals surface area contributed by atoms with Crippen molar-refractivity contribution < 1.29 is 0 Å². The topological polar surface area (TPSA) is 43.8 Å². The maximum Gasteiger partial charge on any atom is 0.141 e. The fourth-order valence-corrected chi connectivity index (χ4v) is 2.86. The van der Waals surface area contributed by atoms with Crippen molar-refractivity contribution in [1.82, 2.24) is 9.55 Å². The zero-order chi connectivity index (χ0) is 15.0. The molecule has 0 aliphatic carbocycles. The van der Waals surface area contributed by atoms with Crippen molar-refractivity contribution in [2.24, 2.45) is 0 Å². The van der Waals surface area contributed by atoms with Crippen molar-refractivity contribution in [2.75, 3.05) is 5.73 Å². The number of hydrogen-bond donors (Lipinski definition) is 1. The van der Waals surface area contributed by atoms with E-state index in [-0.39, 0.29) is 0 Å². The SMILES string of the molecule is CCCn1c(-c2ccc(Br)c(N)c2)nc2ccc(Cl)cc21. The van der Waals surface area contributed by atoms with Crippen LogP contribution >= 0.6 is 27.5 Å². The van der Waals surface area contributed by atoms with Gasteiger partial charge in [0.1, 0.15) is 5.82 Å². The summed E-state index contributed by atoms with van der Waals surface area (Å²) in [6.45, 7) is 3.04. The zero-order valence-corrected chi connectivity index (χ0v) is 13.9. The molecule has 0 unspecified atom stereocenters. The number of nitrogens with two attached hydrogens (primary N) is 1. The Morgan fingerprint density at radius 2 is 2.05 bits per heavy atom. The predicted molar refractivity (Wildman–Crippen MR) is 92.6 cm³/mol. The highest BCUT2D eigenvalue weighted by atomic mass is 79.9. The van der Waals surface area contributed by atoms with Crippen LogP contribution in [0.25, 0.3) is 22.4 Å².